The third-order valence-corrected chi connectivity index (χ3v) is 4.75. The van der Waals surface area contributed by atoms with Gasteiger partial charge in [-0.05, 0) is 37.6 Å². The number of hydrogen-bond acceptors (Lipinski definition) is 3. The molecule has 2 heterocycles. The van der Waals surface area contributed by atoms with Gasteiger partial charge in [-0.3, -0.25) is 0 Å². The molecule has 1 N–H and O–H groups in total. The molecule has 0 fully saturated rings. The van der Waals surface area contributed by atoms with Crippen molar-refractivity contribution in [1.82, 2.24) is 14.5 Å². The molecular weight excluding hydrogens is 369 g/mol. The van der Waals surface area contributed by atoms with E-state index >= 15 is 0 Å². The van der Waals surface area contributed by atoms with E-state index < -0.39 is 29.6 Å². The number of aliphatic hydroxyl groups excluding tert-OH is 1. The Morgan fingerprint density at radius 3 is 2.78 bits per heavy atom. The number of nitrogens with zero attached hydrogens (tertiary/aromatic N) is 3. The van der Waals surface area contributed by atoms with Crippen LogP contribution in [0.4, 0.5) is 22.0 Å². The average Bonchev–Trinajstić information content (AvgIpc) is 3.00. The van der Waals surface area contributed by atoms with E-state index in [1.807, 2.05) is 0 Å². The van der Waals surface area contributed by atoms with Gasteiger partial charge in [0.2, 0.25) is 0 Å². The summed E-state index contributed by atoms with van der Waals surface area (Å²) in [5, 5.41) is 10.2. The van der Waals surface area contributed by atoms with Crippen molar-refractivity contribution in [2.24, 2.45) is 5.92 Å². The Kier molecular flexibility index (Phi) is 5.53. The van der Waals surface area contributed by atoms with E-state index in [1.165, 1.54) is 4.57 Å². The molecule has 0 saturated carbocycles. The molecule has 3 rings (SSSR count). The van der Waals surface area contributed by atoms with E-state index in [1.54, 1.807) is 11.9 Å². The Morgan fingerprint density at radius 1 is 1.33 bits per heavy atom. The molecule has 0 aliphatic carbocycles. The lowest BCUT2D eigenvalue weighted by Gasteiger charge is -2.29. The molecule has 0 bridgehead atoms. The van der Waals surface area contributed by atoms with Gasteiger partial charge in [-0.1, -0.05) is 0 Å². The third-order valence-electron chi connectivity index (χ3n) is 4.75. The number of imidazole rings is 1. The molecule has 0 amide bonds. The standard InChI is InChI=1S/C18H20F5N3O/c1-25(9-15(27)13-6-12(19)3-4-14(13)20)7-11-2-5-17-24-16(18(21,22)23)10-26(17)8-11/h3-4,6,10-11,15,27H,2,5,7-9H2,1H3/t11-,15-/m1/s1. The van der Waals surface area contributed by atoms with Crippen molar-refractivity contribution in [2.75, 3.05) is 20.1 Å². The van der Waals surface area contributed by atoms with Gasteiger partial charge < -0.3 is 14.6 Å². The maximum Gasteiger partial charge on any atom is 0.434 e. The summed E-state index contributed by atoms with van der Waals surface area (Å²) in [7, 11) is 1.73. The molecule has 1 aliphatic rings. The topological polar surface area (TPSA) is 41.3 Å². The van der Waals surface area contributed by atoms with Crippen LogP contribution in [0.15, 0.2) is 24.4 Å². The van der Waals surface area contributed by atoms with Crippen LogP contribution in [0.2, 0.25) is 0 Å². The first-order chi connectivity index (χ1) is 12.6. The van der Waals surface area contributed by atoms with Crippen LogP contribution in [-0.4, -0.2) is 39.7 Å². The van der Waals surface area contributed by atoms with E-state index in [9.17, 15) is 27.1 Å². The smallest absolute Gasteiger partial charge is 0.387 e. The molecule has 2 atom stereocenters. The Morgan fingerprint density at radius 2 is 2.07 bits per heavy atom. The number of aliphatic hydroxyl groups is 1. The van der Waals surface area contributed by atoms with Crippen molar-refractivity contribution < 1.29 is 27.1 Å². The number of halogens is 5. The van der Waals surface area contributed by atoms with Crippen molar-refractivity contribution in [3.63, 3.8) is 0 Å². The minimum Gasteiger partial charge on any atom is -0.387 e. The largest absolute Gasteiger partial charge is 0.434 e. The lowest BCUT2D eigenvalue weighted by molar-refractivity contribution is -0.141. The van der Waals surface area contributed by atoms with E-state index in [2.05, 4.69) is 4.98 Å². The highest BCUT2D eigenvalue weighted by Crippen LogP contribution is 2.31. The highest BCUT2D eigenvalue weighted by Gasteiger charge is 2.35. The van der Waals surface area contributed by atoms with E-state index in [4.69, 9.17) is 0 Å². The Hall–Kier alpha value is -2.00. The summed E-state index contributed by atoms with van der Waals surface area (Å²) in [6, 6.07) is 2.91. The minimum atomic E-state index is -4.46. The molecule has 0 radical (unpaired) electrons. The van der Waals surface area contributed by atoms with Crippen LogP contribution >= 0.6 is 0 Å². The first kappa shape index (κ1) is 19.8. The maximum atomic E-state index is 13.7. The molecule has 4 nitrogen and oxygen atoms in total. The Labute approximate surface area is 153 Å². The van der Waals surface area contributed by atoms with Gasteiger partial charge in [0.25, 0.3) is 0 Å². The van der Waals surface area contributed by atoms with E-state index in [0.717, 1.165) is 24.4 Å². The fourth-order valence-electron chi connectivity index (χ4n) is 3.48. The van der Waals surface area contributed by atoms with Crippen LogP contribution in [0.5, 0.6) is 0 Å². The summed E-state index contributed by atoms with van der Waals surface area (Å²) < 4.78 is 66.9. The second-order valence-electron chi connectivity index (χ2n) is 7.00. The first-order valence-corrected chi connectivity index (χ1v) is 8.58. The number of likely N-dealkylation sites (N-methyl/N-ethyl adjacent to an activating group) is 1. The van der Waals surface area contributed by atoms with Crippen LogP contribution in [0.3, 0.4) is 0 Å². The van der Waals surface area contributed by atoms with Crippen molar-refractivity contribution in [2.45, 2.75) is 31.7 Å². The molecule has 1 aliphatic heterocycles. The maximum absolute atomic E-state index is 13.7. The summed E-state index contributed by atoms with van der Waals surface area (Å²) in [5.41, 5.74) is -0.999. The molecule has 27 heavy (non-hydrogen) atoms. The molecule has 1 aromatic carbocycles. The number of fused-ring (bicyclic) bond motifs is 1. The normalized spacial score (nSPS) is 18.6. The number of benzene rings is 1. The van der Waals surface area contributed by atoms with Crippen molar-refractivity contribution in [3.05, 3.63) is 53.1 Å². The SMILES string of the molecule is CN(C[C@H]1CCc2nc(C(F)(F)F)cn2C1)C[C@@H](O)c1cc(F)ccc1F. The van der Waals surface area contributed by atoms with E-state index in [-0.39, 0.29) is 18.0 Å². The molecular formula is C18H20F5N3O. The predicted molar refractivity (Wildman–Crippen MR) is 87.9 cm³/mol. The number of alkyl halides is 3. The van der Waals surface area contributed by atoms with Gasteiger partial charge in [0.1, 0.15) is 17.5 Å². The Bertz CT molecular complexity index is 805. The average molecular weight is 389 g/mol. The molecule has 0 saturated heterocycles. The van der Waals surface area contributed by atoms with Gasteiger partial charge in [0.05, 0.1) is 6.10 Å². The molecule has 1 aromatic heterocycles. The van der Waals surface area contributed by atoms with Crippen LogP contribution in [0, 0.1) is 17.6 Å². The van der Waals surface area contributed by atoms with Crippen molar-refractivity contribution in [1.29, 1.82) is 0 Å². The van der Waals surface area contributed by atoms with Gasteiger partial charge in [0.15, 0.2) is 5.69 Å². The minimum absolute atomic E-state index is 0.0716. The number of aryl methyl sites for hydroxylation is 1. The summed E-state index contributed by atoms with van der Waals surface area (Å²) in [6.45, 7) is 0.988. The third kappa shape index (κ3) is 4.65. The van der Waals surface area contributed by atoms with Crippen LogP contribution < -0.4 is 0 Å². The van der Waals surface area contributed by atoms with Gasteiger partial charge >= 0.3 is 6.18 Å². The van der Waals surface area contributed by atoms with Crippen LogP contribution in [-0.2, 0) is 19.1 Å². The molecule has 0 unspecified atom stereocenters. The zero-order valence-electron chi connectivity index (χ0n) is 14.7. The highest BCUT2D eigenvalue weighted by atomic mass is 19.4. The molecule has 148 valence electrons. The lowest BCUT2D eigenvalue weighted by Crippen LogP contribution is -2.34. The predicted octanol–water partition coefficient (Wildman–Crippen LogP) is 3.41. The zero-order valence-corrected chi connectivity index (χ0v) is 14.7. The van der Waals surface area contributed by atoms with Crippen LogP contribution in [0.25, 0.3) is 0 Å². The highest BCUT2D eigenvalue weighted by molar-refractivity contribution is 5.21. The fraction of sp³-hybridized carbons (Fsp3) is 0.500. The van der Waals surface area contributed by atoms with Crippen molar-refractivity contribution in [3.8, 4) is 0 Å². The zero-order chi connectivity index (χ0) is 19.8. The summed E-state index contributed by atoms with van der Waals surface area (Å²) >= 11 is 0. The summed E-state index contributed by atoms with van der Waals surface area (Å²) in [6.07, 6.45) is -3.53. The van der Waals surface area contributed by atoms with Gasteiger partial charge in [-0.2, -0.15) is 13.2 Å². The van der Waals surface area contributed by atoms with Crippen molar-refractivity contribution >= 4 is 0 Å². The number of hydrogen-bond donors (Lipinski definition) is 1. The monoisotopic (exact) mass is 389 g/mol. The quantitative estimate of drug-likeness (QED) is 0.797. The molecule has 9 heteroatoms. The second kappa shape index (κ2) is 7.55. The van der Waals surface area contributed by atoms with Crippen LogP contribution in [0.1, 0.15) is 29.6 Å². The van der Waals surface area contributed by atoms with E-state index in [0.29, 0.717) is 31.8 Å². The van der Waals surface area contributed by atoms with Gasteiger partial charge in [-0.15, -0.1) is 0 Å². The first-order valence-electron chi connectivity index (χ1n) is 8.58. The van der Waals surface area contributed by atoms with Gasteiger partial charge in [-0.25, -0.2) is 13.8 Å². The number of rotatable bonds is 5. The number of aromatic nitrogens is 2. The Balaban J connectivity index is 1.59. The fourth-order valence-corrected chi connectivity index (χ4v) is 3.48. The summed E-state index contributed by atoms with van der Waals surface area (Å²) in [4.78, 5) is 5.42. The second-order valence-corrected chi connectivity index (χ2v) is 7.00. The lowest BCUT2D eigenvalue weighted by atomic mass is 9.98. The molecule has 0 spiro atoms. The summed E-state index contributed by atoms with van der Waals surface area (Å²) in [5.74, 6) is -0.823. The molecule has 2 aromatic rings. The van der Waals surface area contributed by atoms with Gasteiger partial charge in [0, 0.05) is 37.8 Å².